The molecule has 20 heavy (non-hydrogen) atoms. The van der Waals surface area contributed by atoms with Crippen molar-refractivity contribution in [2.24, 2.45) is 0 Å². The Hall–Kier alpha value is -1.94. The number of carbonyl (C=O) groups is 1. The van der Waals surface area contributed by atoms with Crippen molar-refractivity contribution in [3.8, 4) is 0 Å². The van der Waals surface area contributed by atoms with E-state index in [1.807, 2.05) is 37.5 Å². The first-order valence-electron chi connectivity index (χ1n) is 6.43. The summed E-state index contributed by atoms with van der Waals surface area (Å²) in [6.07, 6.45) is 1.76. The molecule has 1 amide bonds. The number of aromatic nitrogens is 1. The average Bonchev–Trinajstić information content (AvgIpc) is 2.75. The summed E-state index contributed by atoms with van der Waals surface area (Å²) >= 11 is 6.12. The maximum absolute atomic E-state index is 12.3. The second-order valence-corrected chi connectivity index (χ2v) is 5.50. The minimum atomic E-state index is -0.221. The zero-order valence-corrected chi connectivity index (χ0v) is 12.5. The van der Waals surface area contributed by atoms with Crippen LogP contribution in [0, 0.1) is 6.92 Å². The van der Waals surface area contributed by atoms with Crippen molar-refractivity contribution in [3.05, 3.63) is 46.7 Å². The van der Waals surface area contributed by atoms with Crippen LogP contribution in [0.15, 0.2) is 30.5 Å². The molecule has 1 heterocycles. The molecular formula is C15H18ClN3O. The van der Waals surface area contributed by atoms with E-state index in [9.17, 15) is 4.79 Å². The van der Waals surface area contributed by atoms with Crippen LogP contribution < -0.4 is 11.1 Å². The Kier molecular flexibility index (Phi) is 4.04. The van der Waals surface area contributed by atoms with E-state index in [2.05, 4.69) is 5.32 Å². The quantitative estimate of drug-likeness (QED) is 0.902. The number of nitrogens with zero attached hydrogens (tertiary/aromatic N) is 1. The molecule has 0 aliphatic heterocycles. The zero-order valence-electron chi connectivity index (χ0n) is 11.8. The molecule has 2 aromatic rings. The molecule has 3 N–H and O–H groups in total. The maximum Gasteiger partial charge on any atom is 0.272 e. The highest BCUT2D eigenvalue weighted by Crippen LogP contribution is 2.24. The highest BCUT2D eigenvalue weighted by atomic mass is 35.5. The number of hydrogen-bond acceptors (Lipinski definition) is 2. The Labute approximate surface area is 123 Å². The highest BCUT2D eigenvalue weighted by Gasteiger charge is 2.15. The van der Waals surface area contributed by atoms with Crippen LogP contribution in [0.1, 0.15) is 35.9 Å². The molecule has 1 aromatic heterocycles. The van der Waals surface area contributed by atoms with Crippen LogP contribution in [0.25, 0.3) is 0 Å². The standard InChI is InChI=1S/C15H18ClN3O/c1-9(2)19-8-11(17)7-14(19)15(20)18-13-5-4-10(3)6-12(13)16/h4-9H,17H2,1-3H3,(H,18,20). The molecule has 106 valence electrons. The highest BCUT2D eigenvalue weighted by molar-refractivity contribution is 6.34. The minimum absolute atomic E-state index is 0.154. The van der Waals surface area contributed by atoms with Gasteiger partial charge in [-0.3, -0.25) is 4.79 Å². The molecule has 0 aliphatic carbocycles. The van der Waals surface area contributed by atoms with Gasteiger partial charge in [0.1, 0.15) is 5.69 Å². The van der Waals surface area contributed by atoms with Gasteiger partial charge in [0.05, 0.1) is 16.4 Å². The lowest BCUT2D eigenvalue weighted by molar-refractivity contribution is 0.101. The number of halogens is 1. The van der Waals surface area contributed by atoms with Gasteiger partial charge in [0.25, 0.3) is 5.91 Å². The van der Waals surface area contributed by atoms with Crippen LogP contribution in [-0.4, -0.2) is 10.5 Å². The molecule has 0 atom stereocenters. The largest absolute Gasteiger partial charge is 0.397 e. The van der Waals surface area contributed by atoms with Gasteiger partial charge in [-0.2, -0.15) is 0 Å². The van der Waals surface area contributed by atoms with Crippen molar-refractivity contribution in [2.75, 3.05) is 11.1 Å². The number of nitrogen functional groups attached to an aromatic ring is 1. The second kappa shape index (κ2) is 5.59. The lowest BCUT2D eigenvalue weighted by Gasteiger charge is -2.13. The van der Waals surface area contributed by atoms with Gasteiger partial charge in [-0.15, -0.1) is 0 Å². The fourth-order valence-electron chi connectivity index (χ4n) is 2.02. The first-order valence-corrected chi connectivity index (χ1v) is 6.81. The minimum Gasteiger partial charge on any atom is -0.397 e. The molecule has 0 aliphatic rings. The molecule has 0 spiro atoms. The van der Waals surface area contributed by atoms with Crippen LogP contribution in [0.2, 0.25) is 5.02 Å². The summed E-state index contributed by atoms with van der Waals surface area (Å²) in [5, 5.41) is 3.34. The van der Waals surface area contributed by atoms with E-state index in [0.29, 0.717) is 22.1 Å². The Morgan fingerprint density at radius 2 is 2.05 bits per heavy atom. The molecule has 4 nitrogen and oxygen atoms in total. The number of nitrogens with two attached hydrogens (primary N) is 1. The Morgan fingerprint density at radius 3 is 2.65 bits per heavy atom. The molecule has 0 radical (unpaired) electrons. The molecule has 0 saturated carbocycles. The first-order chi connectivity index (χ1) is 9.38. The number of hydrogen-bond donors (Lipinski definition) is 2. The van der Waals surface area contributed by atoms with Gasteiger partial charge in [0.15, 0.2) is 0 Å². The van der Waals surface area contributed by atoms with Crippen molar-refractivity contribution < 1.29 is 4.79 Å². The average molecular weight is 292 g/mol. The summed E-state index contributed by atoms with van der Waals surface area (Å²) in [6, 6.07) is 7.32. The summed E-state index contributed by atoms with van der Waals surface area (Å²) in [5.74, 6) is -0.221. The van der Waals surface area contributed by atoms with Crippen LogP contribution in [0.5, 0.6) is 0 Å². The van der Waals surface area contributed by atoms with Gasteiger partial charge >= 0.3 is 0 Å². The van der Waals surface area contributed by atoms with Crippen LogP contribution in [0.4, 0.5) is 11.4 Å². The van der Waals surface area contributed by atoms with Crippen molar-refractivity contribution >= 4 is 28.9 Å². The zero-order chi connectivity index (χ0) is 14.9. The third kappa shape index (κ3) is 2.96. The van der Waals surface area contributed by atoms with E-state index in [-0.39, 0.29) is 11.9 Å². The molecule has 0 saturated heterocycles. The fourth-order valence-corrected chi connectivity index (χ4v) is 2.30. The second-order valence-electron chi connectivity index (χ2n) is 5.10. The lowest BCUT2D eigenvalue weighted by Crippen LogP contribution is -2.18. The van der Waals surface area contributed by atoms with Gasteiger partial charge in [0, 0.05) is 12.2 Å². The summed E-state index contributed by atoms with van der Waals surface area (Å²) in [6.45, 7) is 5.94. The van der Waals surface area contributed by atoms with Gasteiger partial charge in [0.2, 0.25) is 0 Å². The number of aryl methyl sites for hydroxylation is 1. The number of amides is 1. The molecule has 2 rings (SSSR count). The Bertz CT molecular complexity index is 647. The normalized spacial score (nSPS) is 10.8. The number of rotatable bonds is 3. The molecule has 0 bridgehead atoms. The van der Waals surface area contributed by atoms with Gasteiger partial charge in [-0.1, -0.05) is 17.7 Å². The smallest absolute Gasteiger partial charge is 0.272 e. The SMILES string of the molecule is Cc1ccc(NC(=O)c2cc(N)cn2C(C)C)c(Cl)c1. The number of nitrogens with one attached hydrogen (secondary N) is 1. The predicted molar refractivity (Wildman–Crippen MR) is 83.4 cm³/mol. The predicted octanol–water partition coefficient (Wildman–Crippen LogP) is 3.87. The van der Waals surface area contributed by atoms with Crippen LogP contribution in [-0.2, 0) is 0 Å². The first kappa shape index (κ1) is 14.5. The molecule has 5 heteroatoms. The van der Waals surface area contributed by atoms with Crippen molar-refractivity contribution in [2.45, 2.75) is 26.8 Å². The van der Waals surface area contributed by atoms with Crippen LogP contribution >= 0.6 is 11.6 Å². The third-order valence-electron chi connectivity index (χ3n) is 3.03. The topological polar surface area (TPSA) is 60.1 Å². The van der Waals surface area contributed by atoms with E-state index >= 15 is 0 Å². The summed E-state index contributed by atoms with van der Waals surface area (Å²) in [7, 11) is 0. The Balaban J connectivity index is 2.28. The third-order valence-corrected chi connectivity index (χ3v) is 3.34. The Morgan fingerprint density at radius 1 is 1.35 bits per heavy atom. The van der Waals surface area contributed by atoms with E-state index in [1.165, 1.54) is 0 Å². The van der Waals surface area contributed by atoms with E-state index in [1.54, 1.807) is 18.3 Å². The summed E-state index contributed by atoms with van der Waals surface area (Å²) in [5.41, 5.74) is 8.50. The monoisotopic (exact) mass is 291 g/mol. The summed E-state index contributed by atoms with van der Waals surface area (Å²) in [4.78, 5) is 12.3. The lowest BCUT2D eigenvalue weighted by atomic mass is 10.2. The molecule has 0 unspecified atom stereocenters. The van der Waals surface area contributed by atoms with Gasteiger partial charge in [-0.05, 0) is 44.5 Å². The van der Waals surface area contributed by atoms with E-state index < -0.39 is 0 Å². The number of anilines is 2. The van der Waals surface area contributed by atoms with Gasteiger partial charge in [-0.25, -0.2) is 0 Å². The van der Waals surface area contributed by atoms with E-state index in [4.69, 9.17) is 17.3 Å². The summed E-state index contributed by atoms with van der Waals surface area (Å²) < 4.78 is 1.84. The number of carbonyl (C=O) groups excluding carboxylic acids is 1. The van der Waals surface area contributed by atoms with Crippen molar-refractivity contribution in [1.29, 1.82) is 0 Å². The van der Waals surface area contributed by atoms with Crippen molar-refractivity contribution in [1.82, 2.24) is 4.57 Å². The molecule has 1 aromatic carbocycles. The number of benzene rings is 1. The molecule has 0 fully saturated rings. The van der Waals surface area contributed by atoms with Crippen LogP contribution in [0.3, 0.4) is 0 Å². The van der Waals surface area contributed by atoms with Gasteiger partial charge < -0.3 is 15.6 Å². The van der Waals surface area contributed by atoms with E-state index in [0.717, 1.165) is 5.56 Å². The maximum atomic E-state index is 12.3. The molecular weight excluding hydrogens is 274 g/mol. The fraction of sp³-hybridized carbons (Fsp3) is 0.267. The van der Waals surface area contributed by atoms with Crippen molar-refractivity contribution in [3.63, 3.8) is 0 Å².